The van der Waals surface area contributed by atoms with Crippen LogP contribution in [0.4, 0.5) is 5.69 Å². The van der Waals surface area contributed by atoms with Gasteiger partial charge in [-0.15, -0.1) is 11.8 Å². The summed E-state index contributed by atoms with van der Waals surface area (Å²) in [5.41, 5.74) is 6.19. The summed E-state index contributed by atoms with van der Waals surface area (Å²) in [4.78, 5) is 7.66. The highest BCUT2D eigenvalue weighted by Gasteiger charge is 2.25. The number of morpholine rings is 1. The second-order valence-electron chi connectivity index (χ2n) is 10.2. The molecule has 4 aromatic rings. The average Bonchev–Trinajstić information content (AvgIpc) is 3.35. The predicted molar refractivity (Wildman–Crippen MR) is 172 cm³/mol. The highest BCUT2D eigenvalue weighted by Crippen LogP contribution is 2.46. The SMILES string of the molecule is CSc1ccc(/C=C/c2cc(/C=C3\Sc4ccccc4N3CCCN3CCOCC3)c3ccccc3[n+]2C)cc1.[I-]. The molecule has 0 N–H and O–H groups in total. The Bertz CT molecular complexity index is 1550. The first kappa shape index (κ1) is 30.2. The van der Waals surface area contributed by atoms with E-state index in [0.29, 0.717) is 0 Å². The van der Waals surface area contributed by atoms with Crippen molar-refractivity contribution in [2.24, 2.45) is 7.05 Å². The number of aryl methyl sites for hydroxylation is 1. The van der Waals surface area contributed by atoms with Crippen LogP contribution in [0, 0.1) is 0 Å². The van der Waals surface area contributed by atoms with Crippen molar-refractivity contribution in [1.29, 1.82) is 0 Å². The molecule has 0 spiro atoms. The Kier molecular flexibility index (Phi) is 10.5. The summed E-state index contributed by atoms with van der Waals surface area (Å²) < 4.78 is 7.83. The molecule has 0 amide bonds. The molecular weight excluding hydrogens is 657 g/mol. The van der Waals surface area contributed by atoms with Crippen molar-refractivity contribution >= 4 is 58.3 Å². The van der Waals surface area contributed by atoms with Crippen LogP contribution in [0.2, 0.25) is 0 Å². The molecule has 4 nitrogen and oxygen atoms in total. The van der Waals surface area contributed by atoms with E-state index in [0.717, 1.165) is 45.8 Å². The minimum Gasteiger partial charge on any atom is -1.00 e. The number of anilines is 1. The number of hydrogen-bond acceptors (Lipinski definition) is 5. The number of aromatic nitrogens is 1. The number of rotatable bonds is 8. The van der Waals surface area contributed by atoms with E-state index in [1.807, 2.05) is 11.8 Å². The first-order chi connectivity index (χ1) is 19.7. The lowest BCUT2D eigenvalue weighted by Crippen LogP contribution is -3.00. The second-order valence-corrected chi connectivity index (χ2v) is 12.2. The second kappa shape index (κ2) is 14.2. The van der Waals surface area contributed by atoms with Crippen LogP contribution in [0.25, 0.3) is 29.1 Å². The molecule has 41 heavy (non-hydrogen) atoms. The average molecular weight is 694 g/mol. The monoisotopic (exact) mass is 693 g/mol. The summed E-state index contributed by atoms with van der Waals surface area (Å²) in [5, 5.41) is 2.56. The van der Waals surface area contributed by atoms with Gasteiger partial charge in [-0.2, -0.15) is 4.57 Å². The Labute approximate surface area is 269 Å². The molecular formula is C34H36IN3OS2. The minimum absolute atomic E-state index is 0. The fourth-order valence-electron chi connectivity index (χ4n) is 5.46. The van der Waals surface area contributed by atoms with Gasteiger partial charge in [-0.3, -0.25) is 4.90 Å². The van der Waals surface area contributed by atoms with Crippen molar-refractivity contribution in [3.63, 3.8) is 0 Å². The Balaban J connectivity index is 0.00000337. The summed E-state index contributed by atoms with van der Waals surface area (Å²) in [6.07, 6.45) is 10.1. The van der Waals surface area contributed by atoms with E-state index in [1.54, 1.807) is 11.8 Å². The van der Waals surface area contributed by atoms with Crippen molar-refractivity contribution < 1.29 is 33.3 Å². The van der Waals surface area contributed by atoms with Gasteiger partial charge >= 0.3 is 0 Å². The lowest BCUT2D eigenvalue weighted by atomic mass is 10.1. The number of pyridine rings is 1. The van der Waals surface area contributed by atoms with Gasteiger partial charge in [0.15, 0.2) is 0 Å². The maximum Gasteiger partial charge on any atom is 0.213 e. The maximum absolute atomic E-state index is 5.54. The number of ether oxygens (including phenoxy) is 1. The Morgan fingerprint density at radius 3 is 2.49 bits per heavy atom. The van der Waals surface area contributed by atoms with Gasteiger partial charge in [-0.1, -0.05) is 48.2 Å². The van der Waals surface area contributed by atoms with Crippen LogP contribution < -0.4 is 33.4 Å². The molecule has 0 atom stereocenters. The molecule has 6 rings (SSSR count). The molecule has 3 heterocycles. The first-order valence-corrected chi connectivity index (χ1v) is 16.0. The van der Waals surface area contributed by atoms with E-state index in [2.05, 4.69) is 125 Å². The van der Waals surface area contributed by atoms with Crippen LogP contribution >= 0.6 is 23.5 Å². The van der Waals surface area contributed by atoms with E-state index in [9.17, 15) is 0 Å². The normalized spacial score (nSPS) is 16.4. The quantitative estimate of drug-likeness (QED) is 0.156. The number of hydrogen-bond donors (Lipinski definition) is 0. The summed E-state index contributed by atoms with van der Waals surface area (Å²) in [6, 6.07) is 28.6. The van der Waals surface area contributed by atoms with Crippen molar-refractivity contribution in [3.8, 4) is 0 Å². The maximum atomic E-state index is 5.54. The van der Waals surface area contributed by atoms with Crippen LogP contribution in [0.5, 0.6) is 0 Å². The molecule has 1 fully saturated rings. The highest BCUT2D eigenvalue weighted by molar-refractivity contribution is 8.03. The van der Waals surface area contributed by atoms with Crippen LogP contribution in [-0.4, -0.2) is 50.5 Å². The van der Waals surface area contributed by atoms with E-state index < -0.39 is 0 Å². The van der Waals surface area contributed by atoms with E-state index >= 15 is 0 Å². The molecule has 0 unspecified atom stereocenters. The third kappa shape index (κ3) is 7.03. The largest absolute Gasteiger partial charge is 1.00 e. The van der Waals surface area contributed by atoms with Crippen molar-refractivity contribution in [2.45, 2.75) is 16.2 Å². The Morgan fingerprint density at radius 2 is 1.68 bits per heavy atom. The topological polar surface area (TPSA) is 19.6 Å². The van der Waals surface area contributed by atoms with Crippen molar-refractivity contribution in [2.75, 3.05) is 50.5 Å². The lowest BCUT2D eigenvalue weighted by molar-refractivity contribution is -0.646. The van der Waals surface area contributed by atoms with Gasteiger partial charge in [0.05, 0.1) is 29.3 Å². The molecule has 2 aliphatic rings. The smallest absolute Gasteiger partial charge is 0.213 e. The summed E-state index contributed by atoms with van der Waals surface area (Å²) in [6.45, 7) is 5.90. The predicted octanol–water partition coefficient (Wildman–Crippen LogP) is 4.19. The molecule has 0 saturated carbocycles. The number of thioether (sulfide) groups is 2. The molecule has 0 aliphatic carbocycles. The van der Waals surface area contributed by atoms with E-state index in [-0.39, 0.29) is 24.0 Å². The van der Waals surface area contributed by atoms with Gasteiger partial charge in [0.1, 0.15) is 7.05 Å². The van der Waals surface area contributed by atoms with Crippen LogP contribution in [0.1, 0.15) is 23.2 Å². The van der Waals surface area contributed by atoms with Gasteiger partial charge in [0.2, 0.25) is 11.2 Å². The van der Waals surface area contributed by atoms with Crippen molar-refractivity contribution in [1.82, 2.24) is 4.90 Å². The van der Waals surface area contributed by atoms with Crippen LogP contribution in [0.3, 0.4) is 0 Å². The number of halogens is 1. The molecule has 212 valence electrons. The molecule has 2 aliphatic heterocycles. The molecule has 1 saturated heterocycles. The number of nitrogens with zero attached hydrogens (tertiary/aromatic N) is 3. The number of para-hydroxylation sites is 2. The van der Waals surface area contributed by atoms with Gasteiger partial charge in [-0.05, 0) is 66.3 Å². The fraction of sp³-hybridized carbons (Fsp3) is 0.265. The lowest BCUT2D eigenvalue weighted by Gasteiger charge is -2.28. The fourth-order valence-corrected chi connectivity index (χ4v) is 7.01. The first-order valence-electron chi connectivity index (χ1n) is 14.0. The zero-order valence-electron chi connectivity index (χ0n) is 23.6. The third-order valence-electron chi connectivity index (χ3n) is 7.70. The number of benzene rings is 3. The van der Waals surface area contributed by atoms with Crippen molar-refractivity contribution in [3.05, 3.63) is 101 Å². The highest BCUT2D eigenvalue weighted by atomic mass is 127. The van der Waals surface area contributed by atoms with E-state index in [1.165, 1.54) is 48.2 Å². The zero-order valence-corrected chi connectivity index (χ0v) is 27.4. The third-order valence-corrected chi connectivity index (χ3v) is 9.56. The molecule has 7 heteroatoms. The minimum atomic E-state index is 0. The zero-order chi connectivity index (χ0) is 27.3. The van der Waals surface area contributed by atoms with Crippen LogP contribution in [-0.2, 0) is 11.8 Å². The summed E-state index contributed by atoms with van der Waals surface area (Å²) in [7, 11) is 2.16. The summed E-state index contributed by atoms with van der Waals surface area (Å²) >= 11 is 3.66. The Hall–Kier alpha value is -2.30. The van der Waals surface area contributed by atoms with Gasteiger partial charge < -0.3 is 33.6 Å². The molecule has 1 aromatic heterocycles. The molecule has 0 bridgehead atoms. The van der Waals surface area contributed by atoms with E-state index in [4.69, 9.17) is 4.74 Å². The Morgan fingerprint density at radius 1 is 0.927 bits per heavy atom. The van der Waals surface area contributed by atoms with Gasteiger partial charge in [-0.25, -0.2) is 0 Å². The van der Waals surface area contributed by atoms with Gasteiger partial charge in [0, 0.05) is 54.2 Å². The molecule has 0 radical (unpaired) electrons. The summed E-state index contributed by atoms with van der Waals surface area (Å²) in [5.74, 6) is 0. The van der Waals surface area contributed by atoms with Crippen LogP contribution in [0.15, 0.2) is 93.7 Å². The molecule has 3 aromatic carbocycles. The standard InChI is InChI=1S/C34H36N3OS2.HI/c1-35-28(15-12-26-13-16-29(39-2)17-14-26)24-27(30-8-3-4-9-31(30)35)25-34-37(32-10-5-6-11-33(32)40-34)19-7-18-36-20-22-38-23-21-36;/h3-6,8-17,24-25H,7,18-23H2,1-2H3;1H/q+1;/p-1/b15-12+;. The number of fused-ring (bicyclic) bond motifs is 2. The van der Waals surface area contributed by atoms with Gasteiger partial charge in [0.25, 0.3) is 0 Å².